The van der Waals surface area contributed by atoms with Gasteiger partial charge >= 0.3 is 0 Å². The Hall–Kier alpha value is 0.690. The van der Waals surface area contributed by atoms with Gasteiger partial charge in [-0.3, -0.25) is 0 Å². The van der Waals surface area contributed by atoms with Crippen molar-refractivity contribution in [2.24, 2.45) is 0 Å². The fourth-order valence-electron chi connectivity index (χ4n) is 2.05. The van der Waals surface area contributed by atoms with Crippen molar-refractivity contribution in [3.8, 4) is 0 Å². The summed E-state index contributed by atoms with van der Waals surface area (Å²) in [4.78, 5) is 0. The maximum absolute atomic E-state index is 3.51. The van der Waals surface area contributed by atoms with E-state index in [4.69, 9.17) is 0 Å². The van der Waals surface area contributed by atoms with E-state index in [9.17, 15) is 0 Å². The zero-order valence-corrected chi connectivity index (χ0v) is 13.9. The molecule has 104 valence electrons. The minimum Gasteiger partial charge on any atom is -0.317 e. The number of rotatable bonds is 14. The Morgan fingerprint density at radius 3 is 1.65 bits per heavy atom. The second-order valence-corrected chi connectivity index (χ2v) is 6.05. The van der Waals surface area contributed by atoms with Gasteiger partial charge in [-0.25, -0.2) is 0 Å². The average molecular weight is 353 g/mol. The van der Waals surface area contributed by atoms with Crippen LogP contribution in [0.25, 0.3) is 0 Å². The van der Waals surface area contributed by atoms with Gasteiger partial charge in [0.05, 0.1) is 0 Å². The average Bonchev–Trinajstić information content (AvgIpc) is 2.35. The van der Waals surface area contributed by atoms with Crippen LogP contribution < -0.4 is 5.32 Å². The predicted molar refractivity (Wildman–Crippen MR) is 88.2 cm³/mol. The third-order valence-corrected chi connectivity index (χ3v) is 3.96. The summed E-state index contributed by atoms with van der Waals surface area (Å²) in [5.41, 5.74) is 0. The van der Waals surface area contributed by atoms with Crippen molar-refractivity contribution >= 4 is 22.6 Å². The summed E-state index contributed by atoms with van der Waals surface area (Å²) < 4.78 is 1.28. The summed E-state index contributed by atoms with van der Waals surface area (Å²) in [5, 5.41) is 3.51. The quantitative estimate of drug-likeness (QED) is 0.253. The van der Waals surface area contributed by atoms with Gasteiger partial charge in [0.2, 0.25) is 0 Å². The number of alkyl halides is 1. The smallest absolute Gasteiger partial charge is 0.000735 e. The molecule has 0 aliphatic carbocycles. The fraction of sp³-hybridized carbons (Fsp3) is 1.00. The highest BCUT2D eigenvalue weighted by atomic mass is 127. The van der Waals surface area contributed by atoms with Gasteiger partial charge in [0, 0.05) is 4.43 Å². The first-order valence-electron chi connectivity index (χ1n) is 7.68. The van der Waals surface area contributed by atoms with E-state index in [-0.39, 0.29) is 0 Å². The molecule has 0 unspecified atom stereocenters. The van der Waals surface area contributed by atoms with Gasteiger partial charge in [-0.2, -0.15) is 0 Å². The topological polar surface area (TPSA) is 12.0 Å². The van der Waals surface area contributed by atoms with E-state index in [1.54, 1.807) is 0 Å². The van der Waals surface area contributed by atoms with Crippen molar-refractivity contribution in [1.29, 1.82) is 0 Å². The van der Waals surface area contributed by atoms with E-state index in [2.05, 4.69) is 34.8 Å². The zero-order valence-electron chi connectivity index (χ0n) is 11.8. The first-order chi connectivity index (χ1) is 8.41. The Bertz CT molecular complexity index is 114. The van der Waals surface area contributed by atoms with Crippen LogP contribution in [0.2, 0.25) is 0 Å². The Kier molecular flexibility index (Phi) is 17.4. The van der Waals surface area contributed by atoms with Crippen LogP contribution in [0.1, 0.15) is 77.6 Å². The summed E-state index contributed by atoms with van der Waals surface area (Å²) in [5.74, 6) is 0. The highest BCUT2D eigenvalue weighted by molar-refractivity contribution is 14.1. The Morgan fingerprint density at radius 1 is 0.647 bits per heavy atom. The van der Waals surface area contributed by atoms with E-state index in [0.717, 1.165) is 0 Å². The molecule has 2 heteroatoms. The molecule has 0 aromatic rings. The molecule has 0 rings (SSSR count). The van der Waals surface area contributed by atoms with E-state index in [1.165, 1.54) is 88.1 Å². The molecule has 0 aromatic carbocycles. The lowest BCUT2D eigenvalue weighted by atomic mass is 10.1. The van der Waals surface area contributed by atoms with E-state index in [1.807, 2.05) is 0 Å². The Morgan fingerprint density at radius 2 is 1.12 bits per heavy atom. The van der Waals surface area contributed by atoms with Gasteiger partial charge in [0.25, 0.3) is 0 Å². The van der Waals surface area contributed by atoms with Gasteiger partial charge in [0.15, 0.2) is 0 Å². The van der Waals surface area contributed by atoms with Gasteiger partial charge in [0.1, 0.15) is 0 Å². The molecule has 0 amide bonds. The first-order valence-corrected chi connectivity index (χ1v) is 9.21. The van der Waals surface area contributed by atoms with E-state index < -0.39 is 0 Å². The molecule has 0 spiro atoms. The Labute approximate surface area is 123 Å². The Balaban J connectivity index is 2.85. The second kappa shape index (κ2) is 16.7. The van der Waals surface area contributed by atoms with Gasteiger partial charge in [-0.05, 0) is 25.9 Å². The molecular formula is C15H32IN. The largest absolute Gasteiger partial charge is 0.317 e. The summed E-state index contributed by atoms with van der Waals surface area (Å²) in [7, 11) is 0. The van der Waals surface area contributed by atoms with Crippen molar-refractivity contribution in [3.63, 3.8) is 0 Å². The summed E-state index contributed by atoms with van der Waals surface area (Å²) in [6, 6.07) is 0. The molecule has 0 fully saturated rings. The molecule has 0 radical (unpaired) electrons. The highest BCUT2D eigenvalue weighted by Crippen LogP contribution is 2.10. The molecule has 0 saturated heterocycles. The number of unbranched alkanes of at least 4 members (excludes halogenated alkanes) is 9. The third-order valence-electron chi connectivity index (χ3n) is 3.19. The molecular weight excluding hydrogens is 321 g/mol. The van der Waals surface area contributed by atoms with Crippen molar-refractivity contribution in [2.45, 2.75) is 77.6 Å². The molecule has 17 heavy (non-hydrogen) atoms. The number of hydrogen-bond acceptors (Lipinski definition) is 1. The van der Waals surface area contributed by atoms with Crippen molar-refractivity contribution in [3.05, 3.63) is 0 Å². The number of hydrogen-bond donors (Lipinski definition) is 1. The molecule has 0 bridgehead atoms. The molecule has 0 heterocycles. The number of nitrogens with one attached hydrogen (secondary N) is 1. The lowest BCUT2D eigenvalue weighted by molar-refractivity contribution is 0.543. The minimum absolute atomic E-state index is 1.21. The predicted octanol–water partition coefficient (Wildman–Crippen LogP) is 5.32. The van der Waals surface area contributed by atoms with Crippen LogP contribution in [-0.2, 0) is 0 Å². The van der Waals surface area contributed by atoms with Gasteiger partial charge < -0.3 is 5.32 Å². The van der Waals surface area contributed by atoms with Crippen molar-refractivity contribution < 1.29 is 0 Å². The molecule has 1 N–H and O–H groups in total. The maximum Gasteiger partial charge on any atom is 0.000735 e. The van der Waals surface area contributed by atoms with Crippen LogP contribution in [-0.4, -0.2) is 17.5 Å². The van der Waals surface area contributed by atoms with E-state index in [0.29, 0.717) is 0 Å². The van der Waals surface area contributed by atoms with Crippen molar-refractivity contribution in [1.82, 2.24) is 5.32 Å². The minimum atomic E-state index is 1.21. The molecule has 0 aliphatic heterocycles. The van der Waals surface area contributed by atoms with Crippen LogP contribution in [0, 0.1) is 0 Å². The second-order valence-electron chi connectivity index (χ2n) is 4.97. The van der Waals surface area contributed by atoms with Crippen LogP contribution in [0.3, 0.4) is 0 Å². The summed E-state index contributed by atoms with van der Waals surface area (Å²) >= 11 is 2.44. The van der Waals surface area contributed by atoms with Crippen LogP contribution >= 0.6 is 22.6 Å². The molecule has 0 saturated carbocycles. The molecule has 0 aromatic heterocycles. The van der Waals surface area contributed by atoms with Gasteiger partial charge in [-0.15, -0.1) is 0 Å². The third kappa shape index (κ3) is 16.7. The monoisotopic (exact) mass is 353 g/mol. The van der Waals surface area contributed by atoms with Crippen LogP contribution in [0.4, 0.5) is 0 Å². The summed E-state index contributed by atoms with van der Waals surface area (Å²) in [6.45, 7) is 4.72. The van der Waals surface area contributed by atoms with Gasteiger partial charge in [-0.1, -0.05) is 87.3 Å². The zero-order chi connectivity index (χ0) is 12.6. The van der Waals surface area contributed by atoms with Crippen LogP contribution in [0.5, 0.6) is 0 Å². The molecule has 0 atom stereocenters. The van der Waals surface area contributed by atoms with E-state index >= 15 is 0 Å². The number of halogens is 1. The lowest BCUT2D eigenvalue weighted by Gasteiger charge is -2.04. The fourth-order valence-corrected chi connectivity index (χ4v) is 2.44. The highest BCUT2D eigenvalue weighted by Gasteiger charge is 1.92. The SMILES string of the molecule is CCCCCCCCCCCCNCCCI. The first kappa shape index (κ1) is 17.7. The normalized spacial score (nSPS) is 10.9. The molecule has 0 aliphatic rings. The maximum atomic E-state index is 3.51. The standard InChI is InChI=1S/C15H32IN/c1-2-3-4-5-6-7-8-9-10-11-14-17-15-12-13-16/h17H,2-15H2,1H3. The lowest BCUT2D eigenvalue weighted by Crippen LogP contribution is -2.16. The summed E-state index contributed by atoms with van der Waals surface area (Å²) in [6.07, 6.45) is 15.7. The van der Waals surface area contributed by atoms with Crippen molar-refractivity contribution in [2.75, 3.05) is 17.5 Å². The molecule has 1 nitrogen and oxygen atoms in total. The van der Waals surface area contributed by atoms with Crippen LogP contribution in [0.15, 0.2) is 0 Å².